The molecule has 13 heteroatoms. The topological polar surface area (TPSA) is 156 Å². The van der Waals surface area contributed by atoms with Gasteiger partial charge in [-0.05, 0) is 63.5 Å². The Morgan fingerprint density at radius 1 is 1.02 bits per heavy atom. The summed E-state index contributed by atoms with van der Waals surface area (Å²) in [4.78, 5) is 59.2. The monoisotopic (exact) mass is 744 g/mol. The lowest BCUT2D eigenvalue weighted by atomic mass is 10.0. The van der Waals surface area contributed by atoms with Gasteiger partial charge in [-0.15, -0.1) is 0 Å². The summed E-state index contributed by atoms with van der Waals surface area (Å²) in [6.07, 6.45) is 10.1. The smallest absolute Gasteiger partial charge is 0.408 e. The van der Waals surface area contributed by atoms with E-state index in [1.165, 1.54) is 11.6 Å². The number of carbonyl (C=O) groups excluding carboxylic acids is 3. The zero-order valence-electron chi connectivity index (χ0n) is 30.4. The molecule has 12 nitrogen and oxygen atoms in total. The van der Waals surface area contributed by atoms with E-state index in [0.29, 0.717) is 42.0 Å². The maximum Gasteiger partial charge on any atom is 0.408 e. The second-order valence-electron chi connectivity index (χ2n) is 14.9. The van der Waals surface area contributed by atoms with E-state index in [0.717, 1.165) is 55.9 Å². The predicted molar refractivity (Wildman–Crippen MR) is 201 cm³/mol. The van der Waals surface area contributed by atoms with Gasteiger partial charge in [0.05, 0.1) is 24.9 Å². The van der Waals surface area contributed by atoms with Crippen molar-refractivity contribution in [3.05, 3.63) is 66.7 Å². The minimum atomic E-state index is -3.80. The number of hydrogen-bond acceptors (Lipinski definition) is 8. The molecule has 2 saturated carbocycles. The summed E-state index contributed by atoms with van der Waals surface area (Å²) in [5, 5.41) is 5.22. The van der Waals surface area contributed by atoms with Crippen LogP contribution < -0.4 is 20.1 Å². The molecule has 2 aromatic carbocycles. The first-order chi connectivity index (χ1) is 25.5. The lowest BCUT2D eigenvalue weighted by molar-refractivity contribution is -0.140. The van der Waals surface area contributed by atoms with Crippen molar-refractivity contribution in [2.45, 2.75) is 100 Å². The Morgan fingerprint density at radius 2 is 1.79 bits per heavy atom. The second-order valence-corrected chi connectivity index (χ2v) is 17.5. The molecule has 1 aromatic heterocycles. The average molecular weight is 745 g/mol. The van der Waals surface area contributed by atoms with Gasteiger partial charge in [0.15, 0.2) is 0 Å². The van der Waals surface area contributed by atoms with E-state index in [1.54, 1.807) is 7.11 Å². The van der Waals surface area contributed by atoms with Crippen LogP contribution >= 0.6 is 7.37 Å². The lowest BCUT2D eigenvalue weighted by Gasteiger charge is -2.30. The molecule has 53 heavy (non-hydrogen) atoms. The van der Waals surface area contributed by atoms with Gasteiger partial charge in [-0.3, -0.25) is 14.2 Å². The van der Waals surface area contributed by atoms with E-state index in [4.69, 9.17) is 19.2 Å². The largest absolute Gasteiger partial charge is 0.497 e. The molecule has 282 valence electrons. The zero-order chi connectivity index (χ0) is 37.2. The Labute approximate surface area is 310 Å². The van der Waals surface area contributed by atoms with Crippen LogP contribution in [0.3, 0.4) is 0 Å². The summed E-state index contributed by atoms with van der Waals surface area (Å²) in [6, 6.07) is 15.2. The summed E-state index contributed by atoms with van der Waals surface area (Å²) >= 11 is 0. The number of rotatable bonds is 7. The molecule has 0 radical (unpaired) electrons. The number of pyridine rings is 1. The Kier molecular flexibility index (Phi) is 10.8. The molecule has 3 N–H and O–H groups in total. The number of amides is 3. The number of aromatic nitrogens is 1. The van der Waals surface area contributed by atoms with Gasteiger partial charge in [0.2, 0.25) is 19.2 Å². The van der Waals surface area contributed by atoms with Gasteiger partial charge in [-0.2, -0.15) is 0 Å². The van der Waals surface area contributed by atoms with Gasteiger partial charge >= 0.3 is 6.09 Å². The Morgan fingerprint density at radius 3 is 2.55 bits per heavy atom. The van der Waals surface area contributed by atoms with E-state index in [1.807, 2.05) is 66.7 Å². The van der Waals surface area contributed by atoms with E-state index in [2.05, 4.69) is 10.6 Å². The van der Waals surface area contributed by atoms with Gasteiger partial charge in [0.25, 0.3) is 0 Å². The fourth-order valence-corrected chi connectivity index (χ4v) is 9.63. The van der Waals surface area contributed by atoms with Crippen molar-refractivity contribution in [3.63, 3.8) is 0 Å². The summed E-state index contributed by atoms with van der Waals surface area (Å²) in [5.41, 5.74) is 2.23. The molecule has 2 unspecified atom stereocenters. The first kappa shape index (κ1) is 36.9. The van der Waals surface area contributed by atoms with E-state index in [9.17, 15) is 23.8 Å². The molecule has 1 saturated heterocycles. The van der Waals surface area contributed by atoms with Gasteiger partial charge in [-0.1, -0.05) is 55.3 Å². The third kappa shape index (κ3) is 8.09. The minimum Gasteiger partial charge on any atom is -0.497 e. The number of ether oxygens (including phenoxy) is 3. The number of fused-ring (bicyclic) bond motifs is 3. The Hall–Kier alpha value is -4.41. The number of benzene rings is 2. The van der Waals surface area contributed by atoms with E-state index < -0.39 is 48.7 Å². The van der Waals surface area contributed by atoms with Crippen LogP contribution in [0.15, 0.2) is 66.7 Å². The van der Waals surface area contributed by atoms with Crippen LogP contribution in [0.5, 0.6) is 11.5 Å². The van der Waals surface area contributed by atoms with Crippen molar-refractivity contribution >= 4 is 36.2 Å². The van der Waals surface area contributed by atoms with Gasteiger partial charge in [-0.25, -0.2) is 9.78 Å². The molecule has 3 aromatic rings. The normalized spacial score (nSPS) is 27.8. The van der Waals surface area contributed by atoms with Crippen LogP contribution in [0, 0.1) is 5.92 Å². The maximum absolute atomic E-state index is 14.6. The molecular formula is C40H49N4O8P. The summed E-state index contributed by atoms with van der Waals surface area (Å²) in [7, 11) is -2.20. The lowest BCUT2D eigenvalue weighted by Crippen LogP contribution is -2.55. The number of nitrogens with zero attached hydrogens (tertiary/aromatic N) is 2. The highest BCUT2D eigenvalue weighted by Crippen LogP contribution is 2.67. The van der Waals surface area contributed by atoms with Crippen molar-refractivity contribution in [1.29, 1.82) is 0 Å². The number of carbonyl (C=O) groups is 3. The molecule has 3 heterocycles. The second kappa shape index (κ2) is 15.5. The van der Waals surface area contributed by atoms with Crippen molar-refractivity contribution in [3.8, 4) is 22.8 Å². The van der Waals surface area contributed by atoms with Gasteiger partial charge in [0, 0.05) is 42.1 Å². The number of alkyl carbamates (subject to hydrolysis) is 1. The van der Waals surface area contributed by atoms with Gasteiger partial charge < -0.3 is 34.6 Å². The molecule has 3 amide bonds. The maximum atomic E-state index is 14.6. The Bertz CT molecular complexity index is 1910. The van der Waals surface area contributed by atoms with Crippen LogP contribution in [0.2, 0.25) is 0 Å². The zero-order valence-corrected chi connectivity index (χ0v) is 31.3. The molecule has 6 atom stereocenters. The fourth-order valence-electron chi connectivity index (χ4n) is 8.08. The molecule has 2 aliphatic carbocycles. The number of hydrogen-bond donors (Lipinski definition) is 3. The molecule has 2 aliphatic heterocycles. The first-order valence-corrected chi connectivity index (χ1v) is 20.9. The average Bonchev–Trinajstić information content (AvgIpc) is 3.41. The van der Waals surface area contributed by atoms with E-state index in [-0.39, 0.29) is 25.0 Å². The summed E-state index contributed by atoms with van der Waals surface area (Å²) < 4.78 is 31.2. The van der Waals surface area contributed by atoms with Crippen LogP contribution in [0.25, 0.3) is 22.2 Å². The quantitative estimate of drug-likeness (QED) is 0.180. The first-order valence-electron chi connectivity index (χ1n) is 18.8. The highest BCUT2D eigenvalue weighted by Gasteiger charge is 2.64. The van der Waals surface area contributed by atoms with Crippen molar-refractivity contribution < 1.29 is 38.1 Å². The minimum absolute atomic E-state index is 0.0622. The standard InChI is InChI=1S/C40H49N4O8P/c1-50-29-19-20-31-34(21-29)41-33(26-13-7-6-8-14-26)23-36(31)51-30-22-35-37(45)43-40(53(2,48)49)24-27(40)15-9-4-3-5-10-18-32(38(46)44(35)25-30)42-39(47)52-28-16-11-12-17-28/h6-9,13-15,19-21,23,27-28,30,32,35H,3-5,10-12,16-18,22,24-25H2,1-2H3,(H,42,47)(H,43,45)(H,48,49)/t27?,30-,32+,35+,40+/m1/s1. The van der Waals surface area contributed by atoms with Gasteiger partial charge in [0.1, 0.15) is 41.1 Å². The number of nitrogens with one attached hydrogen (secondary N) is 2. The molecule has 7 rings (SSSR count). The van der Waals surface area contributed by atoms with E-state index >= 15 is 0 Å². The van der Waals surface area contributed by atoms with Crippen LogP contribution in [0.1, 0.15) is 70.6 Å². The Balaban J connectivity index is 1.21. The summed E-state index contributed by atoms with van der Waals surface area (Å²) in [5.74, 6) is -0.0464. The van der Waals surface area contributed by atoms with Crippen LogP contribution in [-0.4, -0.2) is 82.6 Å². The molecule has 4 aliphatic rings. The van der Waals surface area contributed by atoms with Crippen LogP contribution in [0.4, 0.5) is 4.79 Å². The predicted octanol–water partition coefficient (Wildman–Crippen LogP) is 6.55. The van der Waals surface area contributed by atoms with Crippen molar-refractivity contribution in [2.75, 3.05) is 20.3 Å². The molecule has 3 fully saturated rings. The number of allylic oxidation sites excluding steroid dienone is 1. The SMILES string of the molecule is COc1ccc2c(O[C@@H]3C[C@H]4C(=O)N[C@]5(P(C)(=O)O)CC5C=CCCCCC[C@H](NC(=O)OC5CCCC5)C(=O)N4C3)cc(-c3ccccc3)nc2c1. The fraction of sp³-hybridized carbons (Fsp3) is 0.500. The highest BCUT2D eigenvalue weighted by molar-refractivity contribution is 7.59. The third-order valence-corrected chi connectivity index (χ3v) is 13.3. The highest BCUT2D eigenvalue weighted by atomic mass is 31.2. The third-order valence-electron chi connectivity index (χ3n) is 11.2. The van der Waals surface area contributed by atoms with Crippen molar-refractivity contribution in [1.82, 2.24) is 20.5 Å². The molecular weight excluding hydrogens is 695 g/mol. The summed E-state index contributed by atoms with van der Waals surface area (Å²) in [6.45, 7) is 1.34. The van der Waals surface area contributed by atoms with Crippen LogP contribution in [-0.2, 0) is 18.9 Å². The molecule has 0 spiro atoms. The molecule has 0 bridgehead atoms. The van der Waals surface area contributed by atoms with Crippen molar-refractivity contribution in [2.24, 2.45) is 5.92 Å². The number of methoxy groups -OCH3 is 1.